The zero-order chi connectivity index (χ0) is 14.3. The number of thiocarbonyl (C=S) groups is 1. The van der Waals surface area contributed by atoms with Gasteiger partial charge in [0, 0.05) is 22.7 Å². The highest BCUT2D eigenvalue weighted by atomic mass is 32.2. The number of unbranched alkanes of at least 4 members (excludes halogenated alkanes) is 1. The number of hydrogen-bond donors (Lipinski definition) is 2. The number of rotatable bonds is 8. The van der Waals surface area contributed by atoms with Gasteiger partial charge in [-0.3, -0.25) is 0 Å². The summed E-state index contributed by atoms with van der Waals surface area (Å²) in [5.41, 5.74) is 7.85. The maximum atomic E-state index is 5.83. The van der Waals surface area contributed by atoms with Crippen LogP contribution >= 0.6 is 24.0 Å². The number of anilines is 1. The fourth-order valence-electron chi connectivity index (χ4n) is 1.88. The molecule has 0 unspecified atom stereocenters. The minimum atomic E-state index is 0.459. The predicted octanol–water partition coefficient (Wildman–Crippen LogP) is 2.80. The van der Waals surface area contributed by atoms with Gasteiger partial charge in [-0.1, -0.05) is 18.3 Å². The molecule has 0 atom stereocenters. The SMILES string of the molecule is CSc1cccc(NCCCCN(C)C)c1C(N)=S. The zero-order valence-corrected chi connectivity index (χ0v) is 13.5. The normalized spacial score (nSPS) is 10.7. The van der Waals surface area contributed by atoms with Crippen molar-refractivity contribution in [3.63, 3.8) is 0 Å². The Morgan fingerprint density at radius 1 is 1.37 bits per heavy atom. The first-order valence-electron chi connectivity index (χ1n) is 6.41. The average Bonchev–Trinajstić information content (AvgIpc) is 2.37. The monoisotopic (exact) mass is 297 g/mol. The molecular formula is C14H23N3S2. The Balaban J connectivity index is 2.60. The topological polar surface area (TPSA) is 41.3 Å². The van der Waals surface area contributed by atoms with Crippen molar-refractivity contribution < 1.29 is 0 Å². The van der Waals surface area contributed by atoms with Crippen molar-refractivity contribution in [1.82, 2.24) is 4.90 Å². The van der Waals surface area contributed by atoms with Gasteiger partial charge in [-0.15, -0.1) is 11.8 Å². The van der Waals surface area contributed by atoms with Crippen LogP contribution in [0.3, 0.4) is 0 Å². The molecule has 19 heavy (non-hydrogen) atoms. The van der Waals surface area contributed by atoms with Gasteiger partial charge >= 0.3 is 0 Å². The lowest BCUT2D eigenvalue weighted by Crippen LogP contribution is -2.16. The highest BCUT2D eigenvalue weighted by Gasteiger charge is 2.09. The van der Waals surface area contributed by atoms with Gasteiger partial charge in [0.15, 0.2) is 0 Å². The molecule has 106 valence electrons. The van der Waals surface area contributed by atoms with Gasteiger partial charge in [0.2, 0.25) is 0 Å². The van der Waals surface area contributed by atoms with Crippen molar-refractivity contribution in [2.45, 2.75) is 17.7 Å². The maximum absolute atomic E-state index is 5.83. The molecule has 0 amide bonds. The van der Waals surface area contributed by atoms with E-state index in [0.29, 0.717) is 4.99 Å². The summed E-state index contributed by atoms with van der Waals surface area (Å²) in [6, 6.07) is 6.13. The molecule has 0 radical (unpaired) electrons. The van der Waals surface area contributed by atoms with E-state index in [1.807, 2.05) is 18.4 Å². The second-order valence-corrected chi connectivity index (χ2v) is 5.97. The van der Waals surface area contributed by atoms with Crippen LogP contribution in [0, 0.1) is 0 Å². The van der Waals surface area contributed by atoms with Crippen molar-refractivity contribution in [2.24, 2.45) is 5.73 Å². The molecule has 0 fully saturated rings. The lowest BCUT2D eigenvalue weighted by Gasteiger charge is -2.15. The number of thioether (sulfide) groups is 1. The van der Waals surface area contributed by atoms with Crippen molar-refractivity contribution in [2.75, 3.05) is 38.8 Å². The average molecular weight is 297 g/mol. The Morgan fingerprint density at radius 3 is 2.68 bits per heavy atom. The molecule has 1 rings (SSSR count). The first-order valence-corrected chi connectivity index (χ1v) is 8.05. The van der Waals surface area contributed by atoms with Crippen LogP contribution in [-0.2, 0) is 0 Å². The van der Waals surface area contributed by atoms with Gasteiger partial charge in [-0.05, 0) is 51.9 Å². The van der Waals surface area contributed by atoms with E-state index in [2.05, 4.69) is 30.4 Å². The lowest BCUT2D eigenvalue weighted by molar-refractivity contribution is 0.396. The summed E-state index contributed by atoms with van der Waals surface area (Å²) in [6.45, 7) is 2.07. The summed E-state index contributed by atoms with van der Waals surface area (Å²) in [7, 11) is 4.20. The van der Waals surface area contributed by atoms with Crippen molar-refractivity contribution in [1.29, 1.82) is 0 Å². The van der Waals surface area contributed by atoms with E-state index in [4.69, 9.17) is 18.0 Å². The minimum absolute atomic E-state index is 0.459. The molecule has 0 aliphatic carbocycles. The van der Waals surface area contributed by atoms with E-state index >= 15 is 0 Å². The Hall–Kier alpha value is -0.780. The quantitative estimate of drug-likeness (QED) is 0.439. The van der Waals surface area contributed by atoms with Gasteiger partial charge in [0.1, 0.15) is 4.99 Å². The van der Waals surface area contributed by atoms with Crippen LogP contribution < -0.4 is 11.1 Å². The Kier molecular flexibility index (Phi) is 7.20. The van der Waals surface area contributed by atoms with Crippen LogP contribution in [0.2, 0.25) is 0 Å². The number of nitrogens with two attached hydrogens (primary N) is 1. The highest BCUT2D eigenvalue weighted by molar-refractivity contribution is 7.98. The first-order chi connectivity index (χ1) is 9.06. The highest BCUT2D eigenvalue weighted by Crippen LogP contribution is 2.27. The Morgan fingerprint density at radius 2 is 2.11 bits per heavy atom. The van der Waals surface area contributed by atoms with Crippen molar-refractivity contribution in [3.8, 4) is 0 Å². The third kappa shape index (κ3) is 5.38. The van der Waals surface area contributed by atoms with Gasteiger partial charge in [0.25, 0.3) is 0 Å². The third-order valence-electron chi connectivity index (χ3n) is 2.84. The third-order valence-corrected chi connectivity index (χ3v) is 3.82. The summed E-state index contributed by atoms with van der Waals surface area (Å²) >= 11 is 6.83. The summed E-state index contributed by atoms with van der Waals surface area (Å²) in [5.74, 6) is 0. The van der Waals surface area contributed by atoms with Gasteiger partial charge < -0.3 is 16.0 Å². The molecule has 0 aliphatic rings. The number of hydrogen-bond acceptors (Lipinski definition) is 4. The molecule has 5 heteroatoms. The van der Waals surface area contributed by atoms with E-state index in [9.17, 15) is 0 Å². The predicted molar refractivity (Wildman–Crippen MR) is 90.4 cm³/mol. The molecule has 0 saturated heterocycles. The molecule has 0 saturated carbocycles. The second kappa shape index (κ2) is 8.40. The van der Waals surface area contributed by atoms with Crippen LogP contribution in [0.15, 0.2) is 23.1 Å². The van der Waals surface area contributed by atoms with Crippen LogP contribution in [0.25, 0.3) is 0 Å². The standard InChI is InChI=1S/C14H23N3S2/c1-17(2)10-5-4-9-16-11-7-6-8-12(19-3)13(11)14(15)18/h6-8,16H,4-5,9-10H2,1-3H3,(H2,15,18). The molecule has 0 bridgehead atoms. The summed E-state index contributed by atoms with van der Waals surface area (Å²) in [4.78, 5) is 3.79. The molecular weight excluding hydrogens is 274 g/mol. The number of benzene rings is 1. The van der Waals surface area contributed by atoms with Gasteiger partial charge in [0.05, 0.1) is 0 Å². The van der Waals surface area contributed by atoms with Crippen LogP contribution in [0.1, 0.15) is 18.4 Å². The molecule has 0 aromatic heterocycles. The van der Waals surface area contributed by atoms with E-state index in [1.54, 1.807) is 11.8 Å². The zero-order valence-electron chi connectivity index (χ0n) is 11.9. The first kappa shape index (κ1) is 16.3. The molecule has 1 aromatic carbocycles. The van der Waals surface area contributed by atoms with E-state index in [0.717, 1.165) is 35.7 Å². The van der Waals surface area contributed by atoms with E-state index in [1.165, 1.54) is 6.42 Å². The minimum Gasteiger partial charge on any atom is -0.389 e. The molecule has 3 nitrogen and oxygen atoms in total. The van der Waals surface area contributed by atoms with Gasteiger partial charge in [-0.25, -0.2) is 0 Å². The molecule has 1 aromatic rings. The molecule has 0 spiro atoms. The van der Waals surface area contributed by atoms with Crippen LogP contribution in [-0.4, -0.2) is 43.3 Å². The lowest BCUT2D eigenvalue weighted by atomic mass is 10.1. The fourth-order valence-corrected chi connectivity index (χ4v) is 2.80. The maximum Gasteiger partial charge on any atom is 0.107 e. The fraction of sp³-hybridized carbons (Fsp3) is 0.500. The molecule has 0 aliphatic heterocycles. The van der Waals surface area contributed by atoms with Crippen molar-refractivity contribution >= 4 is 34.7 Å². The van der Waals surface area contributed by atoms with Gasteiger partial charge in [-0.2, -0.15) is 0 Å². The summed E-state index contributed by atoms with van der Waals surface area (Å²) in [5, 5.41) is 3.44. The van der Waals surface area contributed by atoms with Crippen LogP contribution in [0.5, 0.6) is 0 Å². The van der Waals surface area contributed by atoms with Crippen molar-refractivity contribution in [3.05, 3.63) is 23.8 Å². The molecule has 3 N–H and O–H groups in total. The number of nitrogens with zero attached hydrogens (tertiary/aromatic N) is 1. The summed E-state index contributed by atoms with van der Waals surface area (Å²) < 4.78 is 0. The summed E-state index contributed by atoms with van der Waals surface area (Å²) in [6.07, 6.45) is 4.36. The van der Waals surface area contributed by atoms with E-state index < -0.39 is 0 Å². The smallest absolute Gasteiger partial charge is 0.107 e. The second-order valence-electron chi connectivity index (χ2n) is 4.68. The Labute approximate surface area is 125 Å². The largest absolute Gasteiger partial charge is 0.389 e. The van der Waals surface area contributed by atoms with E-state index in [-0.39, 0.29) is 0 Å². The number of nitrogens with one attached hydrogen (secondary N) is 1. The van der Waals surface area contributed by atoms with Crippen LogP contribution in [0.4, 0.5) is 5.69 Å². The molecule has 0 heterocycles. The Bertz CT molecular complexity index is 419.